The van der Waals surface area contributed by atoms with Crippen molar-refractivity contribution in [1.29, 1.82) is 0 Å². The summed E-state index contributed by atoms with van der Waals surface area (Å²) >= 11 is 1.33. The SMILES string of the molecule is CCOC(=O)CC(N)c1cnsc1. The molecule has 0 aliphatic carbocycles. The molecule has 1 atom stereocenters. The average Bonchev–Trinajstić information content (AvgIpc) is 2.55. The maximum atomic E-state index is 11.0. The lowest BCUT2D eigenvalue weighted by Crippen LogP contribution is -2.16. The van der Waals surface area contributed by atoms with Crippen molar-refractivity contribution in [2.24, 2.45) is 5.73 Å². The van der Waals surface area contributed by atoms with Gasteiger partial charge in [-0.2, -0.15) is 0 Å². The van der Waals surface area contributed by atoms with Crippen LogP contribution in [-0.2, 0) is 9.53 Å². The number of hydrogen-bond acceptors (Lipinski definition) is 5. The molecule has 5 heteroatoms. The van der Waals surface area contributed by atoms with Crippen LogP contribution >= 0.6 is 11.5 Å². The molecule has 0 bridgehead atoms. The molecule has 0 saturated heterocycles. The fraction of sp³-hybridized carbons (Fsp3) is 0.500. The van der Waals surface area contributed by atoms with E-state index in [0.717, 1.165) is 5.56 Å². The molecule has 2 N–H and O–H groups in total. The second-order valence-corrected chi connectivity index (χ2v) is 3.23. The summed E-state index contributed by atoms with van der Waals surface area (Å²) in [6.07, 6.45) is 1.89. The number of nitrogens with two attached hydrogens (primary N) is 1. The van der Waals surface area contributed by atoms with E-state index in [1.165, 1.54) is 11.5 Å². The number of rotatable bonds is 4. The highest BCUT2D eigenvalue weighted by Crippen LogP contribution is 2.15. The van der Waals surface area contributed by atoms with Gasteiger partial charge in [0.15, 0.2) is 0 Å². The van der Waals surface area contributed by atoms with Crippen LogP contribution in [0.2, 0.25) is 0 Å². The van der Waals surface area contributed by atoms with E-state index in [1.807, 2.05) is 5.38 Å². The van der Waals surface area contributed by atoms with Gasteiger partial charge in [-0.05, 0) is 18.5 Å². The number of carbonyl (C=O) groups excluding carboxylic acids is 1. The molecule has 0 radical (unpaired) electrons. The molecule has 1 aromatic heterocycles. The zero-order chi connectivity index (χ0) is 9.68. The second-order valence-electron chi connectivity index (χ2n) is 2.57. The van der Waals surface area contributed by atoms with E-state index in [-0.39, 0.29) is 18.4 Å². The molecule has 1 aromatic rings. The Balaban J connectivity index is 2.42. The number of nitrogens with zero attached hydrogens (tertiary/aromatic N) is 1. The Morgan fingerprint density at radius 3 is 3.15 bits per heavy atom. The largest absolute Gasteiger partial charge is 0.466 e. The highest BCUT2D eigenvalue weighted by atomic mass is 32.1. The van der Waals surface area contributed by atoms with E-state index >= 15 is 0 Å². The smallest absolute Gasteiger partial charge is 0.307 e. The first-order valence-corrected chi connectivity index (χ1v) is 4.88. The van der Waals surface area contributed by atoms with Crippen LogP contribution < -0.4 is 5.73 Å². The van der Waals surface area contributed by atoms with Crippen molar-refractivity contribution < 1.29 is 9.53 Å². The summed E-state index contributed by atoms with van der Waals surface area (Å²) in [7, 11) is 0. The van der Waals surface area contributed by atoms with E-state index in [1.54, 1.807) is 13.1 Å². The molecular formula is C8H12N2O2S. The van der Waals surface area contributed by atoms with Crippen LogP contribution in [0.25, 0.3) is 0 Å². The highest BCUT2D eigenvalue weighted by molar-refractivity contribution is 7.03. The summed E-state index contributed by atoms with van der Waals surface area (Å²) in [4.78, 5) is 11.0. The van der Waals surface area contributed by atoms with Crippen LogP contribution in [0.5, 0.6) is 0 Å². The van der Waals surface area contributed by atoms with E-state index < -0.39 is 0 Å². The van der Waals surface area contributed by atoms with Gasteiger partial charge in [0.25, 0.3) is 0 Å². The van der Waals surface area contributed by atoms with Gasteiger partial charge in [0.1, 0.15) is 0 Å². The van der Waals surface area contributed by atoms with Gasteiger partial charge in [0, 0.05) is 23.2 Å². The summed E-state index contributed by atoms with van der Waals surface area (Å²) in [5.74, 6) is -0.263. The molecule has 0 aliphatic rings. The molecule has 0 amide bonds. The van der Waals surface area contributed by atoms with Gasteiger partial charge in [-0.1, -0.05) is 0 Å². The monoisotopic (exact) mass is 200 g/mol. The van der Waals surface area contributed by atoms with E-state index in [2.05, 4.69) is 4.37 Å². The Labute approximate surface area is 80.9 Å². The lowest BCUT2D eigenvalue weighted by Gasteiger charge is -2.07. The third-order valence-corrected chi connectivity index (χ3v) is 2.18. The molecule has 1 unspecified atom stereocenters. The maximum absolute atomic E-state index is 11.0. The lowest BCUT2D eigenvalue weighted by molar-refractivity contribution is -0.143. The topological polar surface area (TPSA) is 65.2 Å². The summed E-state index contributed by atoms with van der Waals surface area (Å²) in [5.41, 5.74) is 6.62. The van der Waals surface area contributed by atoms with Crippen molar-refractivity contribution in [3.63, 3.8) is 0 Å². The number of hydrogen-bond donors (Lipinski definition) is 1. The lowest BCUT2D eigenvalue weighted by atomic mass is 10.1. The van der Waals surface area contributed by atoms with Crippen molar-refractivity contribution in [3.05, 3.63) is 17.1 Å². The summed E-state index contributed by atoms with van der Waals surface area (Å²) in [6, 6.07) is -0.294. The molecule has 0 aromatic carbocycles. The molecule has 0 spiro atoms. The van der Waals surface area contributed by atoms with Crippen LogP contribution in [0.15, 0.2) is 11.6 Å². The molecule has 0 aliphatic heterocycles. The predicted octanol–water partition coefficient (Wildman–Crippen LogP) is 1.10. The molecular weight excluding hydrogens is 188 g/mol. The predicted molar refractivity (Wildman–Crippen MR) is 50.3 cm³/mol. The van der Waals surface area contributed by atoms with Crippen LogP contribution in [0.3, 0.4) is 0 Å². The van der Waals surface area contributed by atoms with E-state index in [4.69, 9.17) is 10.5 Å². The average molecular weight is 200 g/mol. The quantitative estimate of drug-likeness (QED) is 0.739. The van der Waals surface area contributed by atoms with E-state index in [9.17, 15) is 4.79 Å². The van der Waals surface area contributed by atoms with Gasteiger partial charge in [-0.15, -0.1) is 0 Å². The van der Waals surface area contributed by atoms with Crippen molar-refractivity contribution in [2.45, 2.75) is 19.4 Å². The fourth-order valence-corrected chi connectivity index (χ4v) is 1.51. The minimum atomic E-state index is -0.294. The normalized spacial score (nSPS) is 12.5. The van der Waals surface area contributed by atoms with Crippen molar-refractivity contribution >= 4 is 17.5 Å². The van der Waals surface area contributed by atoms with Gasteiger partial charge < -0.3 is 10.5 Å². The van der Waals surface area contributed by atoms with Crippen molar-refractivity contribution in [1.82, 2.24) is 4.37 Å². The Morgan fingerprint density at radius 1 is 1.85 bits per heavy atom. The van der Waals surface area contributed by atoms with Crippen LogP contribution in [-0.4, -0.2) is 16.9 Å². The van der Waals surface area contributed by atoms with E-state index in [0.29, 0.717) is 6.61 Å². The first-order chi connectivity index (χ1) is 6.24. The molecule has 1 heterocycles. The number of aromatic nitrogens is 1. The molecule has 0 saturated carbocycles. The number of ether oxygens (including phenoxy) is 1. The number of esters is 1. The first kappa shape index (κ1) is 10.1. The fourth-order valence-electron chi connectivity index (χ4n) is 0.913. The van der Waals surface area contributed by atoms with Crippen molar-refractivity contribution in [3.8, 4) is 0 Å². The maximum Gasteiger partial charge on any atom is 0.307 e. The minimum absolute atomic E-state index is 0.215. The second kappa shape index (κ2) is 4.94. The molecule has 1 rings (SSSR count). The van der Waals surface area contributed by atoms with Gasteiger partial charge in [0.05, 0.1) is 13.0 Å². The third-order valence-electron chi connectivity index (χ3n) is 1.57. The Hall–Kier alpha value is -0.940. The minimum Gasteiger partial charge on any atom is -0.466 e. The van der Waals surface area contributed by atoms with Crippen LogP contribution in [0.4, 0.5) is 0 Å². The summed E-state index contributed by atoms with van der Waals surface area (Å²) < 4.78 is 8.68. The Kier molecular flexibility index (Phi) is 3.85. The van der Waals surface area contributed by atoms with Gasteiger partial charge in [0.2, 0.25) is 0 Å². The van der Waals surface area contributed by atoms with Gasteiger partial charge >= 0.3 is 5.97 Å². The zero-order valence-corrected chi connectivity index (χ0v) is 8.21. The molecule has 0 fully saturated rings. The van der Waals surface area contributed by atoms with Gasteiger partial charge in [-0.25, -0.2) is 4.37 Å². The standard InChI is InChI=1S/C8H12N2O2S/c1-2-12-8(11)3-7(9)6-4-10-13-5-6/h4-5,7H,2-3,9H2,1H3. The zero-order valence-electron chi connectivity index (χ0n) is 7.40. The van der Waals surface area contributed by atoms with Gasteiger partial charge in [-0.3, -0.25) is 4.79 Å². The third kappa shape index (κ3) is 3.12. The van der Waals surface area contributed by atoms with Crippen molar-refractivity contribution in [2.75, 3.05) is 6.61 Å². The number of carbonyl (C=O) groups is 1. The Morgan fingerprint density at radius 2 is 2.62 bits per heavy atom. The summed E-state index contributed by atoms with van der Waals surface area (Å²) in [6.45, 7) is 2.17. The summed E-state index contributed by atoms with van der Waals surface area (Å²) in [5, 5.41) is 1.84. The molecule has 13 heavy (non-hydrogen) atoms. The molecule has 72 valence electrons. The van der Waals surface area contributed by atoms with Crippen LogP contribution in [0.1, 0.15) is 24.9 Å². The Bertz CT molecular complexity index is 261. The molecule has 4 nitrogen and oxygen atoms in total. The van der Waals surface area contributed by atoms with Crippen LogP contribution in [0, 0.1) is 0 Å². The first-order valence-electron chi connectivity index (χ1n) is 4.04. The highest BCUT2D eigenvalue weighted by Gasteiger charge is 2.12.